The largest absolute Gasteiger partial charge is 0.350 e. The van der Waals surface area contributed by atoms with Crippen LogP contribution in [0.3, 0.4) is 0 Å². The van der Waals surface area contributed by atoms with Gasteiger partial charge in [-0.2, -0.15) is 0 Å². The van der Waals surface area contributed by atoms with Gasteiger partial charge in [0.25, 0.3) is 5.91 Å². The minimum absolute atomic E-state index is 0.0174. The molecule has 1 aromatic carbocycles. The van der Waals surface area contributed by atoms with Crippen molar-refractivity contribution in [1.29, 1.82) is 0 Å². The van der Waals surface area contributed by atoms with Gasteiger partial charge in [-0.1, -0.05) is 19.1 Å². The van der Waals surface area contributed by atoms with Crippen molar-refractivity contribution in [3.8, 4) is 0 Å². The third kappa shape index (κ3) is 3.56. The number of nitrogens with one attached hydrogen (secondary N) is 2. The molecule has 19 heavy (non-hydrogen) atoms. The van der Waals surface area contributed by atoms with Crippen molar-refractivity contribution in [2.24, 2.45) is 5.92 Å². The molecule has 4 nitrogen and oxygen atoms in total. The van der Waals surface area contributed by atoms with E-state index in [0.29, 0.717) is 11.3 Å². The van der Waals surface area contributed by atoms with Gasteiger partial charge in [-0.25, -0.2) is 0 Å². The molecular weight excluding hydrogens is 240 g/mol. The average Bonchev–Trinajstić information content (AvgIpc) is 3.23. The molecule has 0 radical (unpaired) electrons. The van der Waals surface area contributed by atoms with Gasteiger partial charge in [0.1, 0.15) is 0 Å². The van der Waals surface area contributed by atoms with E-state index in [9.17, 15) is 9.59 Å². The normalized spacial score (nSPS) is 15.7. The molecule has 1 aliphatic rings. The molecule has 0 spiro atoms. The highest BCUT2D eigenvalue weighted by Gasteiger charge is 2.30. The maximum atomic E-state index is 12.1. The second-order valence-corrected chi connectivity index (χ2v) is 5.09. The monoisotopic (exact) mass is 260 g/mol. The second-order valence-electron chi connectivity index (χ2n) is 5.09. The number of para-hydroxylation sites is 1. The molecule has 1 atom stereocenters. The summed E-state index contributed by atoms with van der Waals surface area (Å²) in [5.74, 6) is 0.00974. The predicted octanol–water partition coefficient (Wildman–Crippen LogP) is 2.56. The summed E-state index contributed by atoms with van der Waals surface area (Å²) in [4.78, 5) is 23.9. The van der Waals surface area contributed by atoms with Gasteiger partial charge in [-0.05, 0) is 38.3 Å². The van der Waals surface area contributed by atoms with Crippen LogP contribution in [0.25, 0.3) is 0 Å². The molecule has 0 bridgehead atoms. The Morgan fingerprint density at radius 1 is 1.32 bits per heavy atom. The Balaban J connectivity index is 2.10. The topological polar surface area (TPSA) is 58.2 Å². The number of benzene rings is 1. The van der Waals surface area contributed by atoms with Gasteiger partial charge in [-0.15, -0.1) is 0 Å². The van der Waals surface area contributed by atoms with Crippen LogP contribution in [0.15, 0.2) is 24.3 Å². The van der Waals surface area contributed by atoms with Gasteiger partial charge >= 0.3 is 0 Å². The van der Waals surface area contributed by atoms with Crippen molar-refractivity contribution in [2.75, 3.05) is 5.32 Å². The van der Waals surface area contributed by atoms with Gasteiger partial charge in [-0.3, -0.25) is 9.59 Å². The zero-order valence-corrected chi connectivity index (χ0v) is 11.4. The average molecular weight is 260 g/mol. The third-order valence-electron chi connectivity index (χ3n) is 3.37. The number of rotatable bonds is 5. The van der Waals surface area contributed by atoms with Crippen LogP contribution in [-0.2, 0) is 4.79 Å². The second kappa shape index (κ2) is 5.87. The molecule has 1 aromatic rings. The van der Waals surface area contributed by atoms with E-state index >= 15 is 0 Å². The summed E-state index contributed by atoms with van der Waals surface area (Å²) in [6.07, 6.45) is 2.78. The highest BCUT2D eigenvalue weighted by atomic mass is 16.2. The van der Waals surface area contributed by atoms with Crippen LogP contribution in [0, 0.1) is 5.92 Å². The molecule has 2 rings (SSSR count). The van der Waals surface area contributed by atoms with Crippen molar-refractivity contribution < 1.29 is 9.59 Å². The molecule has 0 unspecified atom stereocenters. The Bertz CT molecular complexity index is 481. The number of anilines is 1. The molecule has 0 heterocycles. The first-order valence-electron chi connectivity index (χ1n) is 6.82. The standard InChI is InChI=1S/C15H20N2O2/c1-3-10(2)16-15(19)12-6-4-5-7-13(12)17-14(18)11-8-9-11/h4-7,10-11H,3,8-9H2,1-2H3,(H,16,19)(H,17,18)/t10-/m1/s1. The van der Waals surface area contributed by atoms with E-state index in [4.69, 9.17) is 0 Å². The fraction of sp³-hybridized carbons (Fsp3) is 0.467. The lowest BCUT2D eigenvalue weighted by molar-refractivity contribution is -0.117. The van der Waals surface area contributed by atoms with E-state index in [1.807, 2.05) is 19.9 Å². The zero-order valence-electron chi connectivity index (χ0n) is 11.4. The Morgan fingerprint density at radius 2 is 2.00 bits per heavy atom. The van der Waals surface area contributed by atoms with Gasteiger partial charge in [0, 0.05) is 12.0 Å². The lowest BCUT2D eigenvalue weighted by Gasteiger charge is -2.14. The van der Waals surface area contributed by atoms with Gasteiger partial charge < -0.3 is 10.6 Å². The Kier molecular flexibility index (Phi) is 4.20. The summed E-state index contributed by atoms with van der Waals surface area (Å²) in [6, 6.07) is 7.26. The zero-order chi connectivity index (χ0) is 13.8. The number of carbonyl (C=O) groups is 2. The summed E-state index contributed by atoms with van der Waals surface area (Å²) in [5, 5.41) is 5.76. The van der Waals surface area contributed by atoms with E-state index in [0.717, 1.165) is 19.3 Å². The van der Waals surface area contributed by atoms with Crippen LogP contribution >= 0.6 is 0 Å². The minimum Gasteiger partial charge on any atom is -0.350 e. The van der Waals surface area contributed by atoms with Crippen LogP contribution in [-0.4, -0.2) is 17.9 Å². The van der Waals surface area contributed by atoms with E-state index in [-0.39, 0.29) is 23.8 Å². The van der Waals surface area contributed by atoms with Crippen molar-refractivity contribution in [1.82, 2.24) is 5.32 Å². The van der Waals surface area contributed by atoms with Crippen molar-refractivity contribution in [3.05, 3.63) is 29.8 Å². The van der Waals surface area contributed by atoms with Crippen LogP contribution in [0.4, 0.5) is 5.69 Å². The molecule has 0 aliphatic heterocycles. The van der Waals surface area contributed by atoms with Gasteiger partial charge in [0.2, 0.25) is 5.91 Å². The fourth-order valence-electron chi connectivity index (χ4n) is 1.77. The first kappa shape index (κ1) is 13.6. The highest BCUT2D eigenvalue weighted by Crippen LogP contribution is 2.30. The molecule has 0 aromatic heterocycles. The van der Waals surface area contributed by atoms with Crippen LogP contribution in [0.5, 0.6) is 0 Å². The summed E-state index contributed by atoms with van der Waals surface area (Å²) in [5.41, 5.74) is 1.12. The third-order valence-corrected chi connectivity index (χ3v) is 3.37. The Labute approximate surface area is 113 Å². The van der Waals surface area contributed by atoms with Crippen LogP contribution < -0.4 is 10.6 Å². The maximum Gasteiger partial charge on any atom is 0.253 e. The SMILES string of the molecule is CC[C@@H](C)NC(=O)c1ccccc1NC(=O)C1CC1. The van der Waals surface area contributed by atoms with Crippen molar-refractivity contribution in [3.63, 3.8) is 0 Å². The van der Waals surface area contributed by atoms with Gasteiger partial charge in [0.05, 0.1) is 11.3 Å². The Morgan fingerprint density at radius 3 is 2.63 bits per heavy atom. The van der Waals surface area contributed by atoms with E-state index in [2.05, 4.69) is 10.6 Å². The van der Waals surface area contributed by atoms with E-state index in [1.54, 1.807) is 18.2 Å². The maximum absolute atomic E-state index is 12.1. The van der Waals surface area contributed by atoms with Gasteiger partial charge in [0.15, 0.2) is 0 Å². The summed E-state index contributed by atoms with van der Waals surface area (Å²) in [7, 11) is 0. The summed E-state index contributed by atoms with van der Waals surface area (Å²) in [6.45, 7) is 3.98. The molecule has 2 amide bonds. The lowest BCUT2D eigenvalue weighted by Crippen LogP contribution is -2.32. The summed E-state index contributed by atoms with van der Waals surface area (Å²) >= 11 is 0. The number of hydrogen-bond donors (Lipinski definition) is 2. The fourth-order valence-corrected chi connectivity index (χ4v) is 1.77. The molecule has 0 saturated heterocycles. The molecule has 1 fully saturated rings. The lowest BCUT2D eigenvalue weighted by atomic mass is 10.1. The van der Waals surface area contributed by atoms with Crippen molar-refractivity contribution in [2.45, 2.75) is 39.2 Å². The number of amides is 2. The first-order valence-corrected chi connectivity index (χ1v) is 6.82. The number of carbonyl (C=O) groups excluding carboxylic acids is 2. The van der Waals surface area contributed by atoms with Crippen LogP contribution in [0.2, 0.25) is 0 Å². The van der Waals surface area contributed by atoms with E-state index < -0.39 is 0 Å². The molecule has 4 heteroatoms. The predicted molar refractivity (Wildman–Crippen MR) is 75.0 cm³/mol. The van der Waals surface area contributed by atoms with E-state index in [1.165, 1.54) is 0 Å². The minimum atomic E-state index is -0.138. The molecule has 102 valence electrons. The number of hydrogen-bond acceptors (Lipinski definition) is 2. The van der Waals surface area contributed by atoms with Crippen LogP contribution in [0.1, 0.15) is 43.5 Å². The summed E-state index contributed by atoms with van der Waals surface area (Å²) < 4.78 is 0. The van der Waals surface area contributed by atoms with Crippen molar-refractivity contribution >= 4 is 17.5 Å². The quantitative estimate of drug-likeness (QED) is 0.854. The molecule has 1 aliphatic carbocycles. The first-order chi connectivity index (χ1) is 9.11. The smallest absolute Gasteiger partial charge is 0.253 e. The molecule has 2 N–H and O–H groups in total. The molecule has 1 saturated carbocycles. The molecular formula is C15H20N2O2. The Hall–Kier alpha value is -1.84. The highest BCUT2D eigenvalue weighted by molar-refractivity contribution is 6.04.